The van der Waals surface area contributed by atoms with Gasteiger partial charge in [-0.05, 0) is 52.5 Å². The van der Waals surface area contributed by atoms with Crippen molar-refractivity contribution >= 4 is 11.6 Å². The molecule has 1 fully saturated rings. The van der Waals surface area contributed by atoms with Gasteiger partial charge in [-0.3, -0.25) is 4.79 Å². The molecule has 2 aromatic rings. The van der Waals surface area contributed by atoms with Crippen molar-refractivity contribution in [2.75, 3.05) is 11.4 Å². The van der Waals surface area contributed by atoms with Gasteiger partial charge in [0.15, 0.2) is 0 Å². The zero-order chi connectivity index (χ0) is 19.2. The fraction of sp³-hybridized carbons (Fsp3) is 0.500. The topological polar surface area (TPSA) is 33.2 Å². The Morgan fingerprint density at radius 1 is 1.00 bits per heavy atom. The van der Waals surface area contributed by atoms with Gasteiger partial charge in [-0.15, -0.1) is 0 Å². The van der Waals surface area contributed by atoms with Gasteiger partial charge in [0.1, 0.15) is 11.6 Å². The van der Waals surface area contributed by atoms with E-state index >= 15 is 0 Å². The number of fused-ring (bicyclic) bond motifs is 1. The van der Waals surface area contributed by atoms with Crippen LogP contribution in [-0.4, -0.2) is 17.3 Å². The fourth-order valence-electron chi connectivity index (χ4n) is 4.74. The summed E-state index contributed by atoms with van der Waals surface area (Å²) in [7, 11) is 0. The molecule has 27 heavy (non-hydrogen) atoms. The second-order valence-corrected chi connectivity index (χ2v) is 9.46. The number of carbonyl (C=O) groups excluding carboxylic acids is 1. The van der Waals surface area contributed by atoms with Gasteiger partial charge in [0.05, 0.1) is 6.04 Å². The van der Waals surface area contributed by atoms with Gasteiger partial charge < -0.3 is 4.90 Å². The van der Waals surface area contributed by atoms with Crippen LogP contribution in [0.2, 0.25) is 0 Å². The largest absolute Gasteiger partial charge is 0.349 e. The zero-order valence-electron chi connectivity index (χ0n) is 17.0. The van der Waals surface area contributed by atoms with Crippen LogP contribution in [0.15, 0.2) is 42.6 Å². The third kappa shape index (κ3) is 3.28. The Balaban J connectivity index is 1.78. The van der Waals surface area contributed by atoms with Crippen LogP contribution in [0, 0.1) is 0 Å². The molecule has 0 N–H and O–H groups in total. The quantitative estimate of drug-likeness (QED) is 0.723. The maximum atomic E-state index is 12.3. The first kappa shape index (κ1) is 18.2. The molecule has 0 spiro atoms. The van der Waals surface area contributed by atoms with E-state index < -0.39 is 0 Å². The first-order valence-corrected chi connectivity index (χ1v) is 10.1. The highest BCUT2D eigenvalue weighted by atomic mass is 16.1. The van der Waals surface area contributed by atoms with Crippen LogP contribution in [0.4, 0.5) is 5.82 Å². The predicted octanol–water partition coefficient (Wildman–Crippen LogP) is 5.34. The summed E-state index contributed by atoms with van der Waals surface area (Å²) < 4.78 is 0. The molecule has 0 radical (unpaired) electrons. The standard InChI is InChI=1S/C24H30N2O/c1-23(2)11-12-24(3,4)20-15-17(8-9-19(20)23)21-16-18(27)10-14-26(21)22-7-5-6-13-25-22/h5-9,13,15,21H,10-12,14,16H2,1-4H3. The Bertz CT molecular complexity index is 854. The Morgan fingerprint density at radius 3 is 2.44 bits per heavy atom. The number of carbonyl (C=O) groups is 1. The molecule has 1 atom stereocenters. The van der Waals surface area contributed by atoms with Gasteiger partial charge in [-0.25, -0.2) is 4.98 Å². The molecule has 2 heterocycles. The molecule has 1 aromatic heterocycles. The smallest absolute Gasteiger partial charge is 0.137 e. The third-order valence-electron chi connectivity index (χ3n) is 6.63. The summed E-state index contributed by atoms with van der Waals surface area (Å²) in [5, 5.41) is 0. The molecule has 142 valence electrons. The van der Waals surface area contributed by atoms with E-state index in [1.54, 1.807) is 0 Å². The van der Waals surface area contributed by atoms with Crippen LogP contribution in [-0.2, 0) is 15.6 Å². The zero-order valence-corrected chi connectivity index (χ0v) is 17.0. The molecule has 1 aliphatic carbocycles. The Hall–Kier alpha value is -2.16. The van der Waals surface area contributed by atoms with Crippen LogP contribution in [0.1, 0.15) is 76.1 Å². The second kappa shape index (κ2) is 6.47. The lowest BCUT2D eigenvalue weighted by Gasteiger charge is -2.43. The molecule has 3 nitrogen and oxygen atoms in total. The van der Waals surface area contributed by atoms with Gasteiger partial charge in [-0.1, -0.05) is 52.0 Å². The number of Topliss-reactive ketones (excluding diaryl/α,β-unsaturated/α-hetero) is 1. The van der Waals surface area contributed by atoms with E-state index in [-0.39, 0.29) is 16.9 Å². The van der Waals surface area contributed by atoms with Crippen LogP contribution < -0.4 is 4.90 Å². The number of hydrogen-bond acceptors (Lipinski definition) is 3. The van der Waals surface area contributed by atoms with E-state index in [1.165, 1.54) is 29.5 Å². The average molecular weight is 363 g/mol. The summed E-state index contributed by atoms with van der Waals surface area (Å²) in [5.74, 6) is 1.32. The molecule has 0 bridgehead atoms. The van der Waals surface area contributed by atoms with Crippen molar-refractivity contribution in [1.29, 1.82) is 0 Å². The summed E-state index contributed by atoms with van der Waals surface area (Å²) >= 11 is 0. The van der Waals surface area contributed by atoms with Gasteiger partial charge in [0.25, 0.3) is 0 Å². The van der Waals surface area contributed by atoms with Crippen LogP contribution in [0.25, 0.3) is 0 Å². The predicted molar refractivity (Wildman–Crippen MR) is 110 cm³/mol. The van der Waals surface area contributed by atoms with E-state index in [9.17, 15) is 4.79 Å². The molecular formula is C24H30N2O. The first-order valence-electron chi connectivity index (χ1n) is 10.1. The Kier molecular flexibility index (Phi) is 4.37. The van der Waals surface area contributed by atoms with E-state index in [0.29, 0.717) is 18.6 Å². The van der Waals surface area contributed by atoms with Crippen molar-refractivity contribution in [3.8, 4) is 0 Å². The summed E-state index contributed by atoms with van der Waals surface area (Å²) in [6.45, 7) is 10.2. The number of benzene rings is 1. The summed E-state index contributed by atoms with van der Waals surface area (Å²) in [5.41, 5.74) is 4.56. The maximum absolute atomic E-state index is 12.3. The molecule has 4 rings (SSSR count). The van der Waals surface area contributed by atoms with Crippen molar-refractivity contribution in [1.82, 2.24) is 4.98 Å². The molecule has 3 heteroatoms. The SMILES string of the molecule is CC1(C)CCC(C)(C)c2cc(C3CC(=O)CCN3c3ccccn3)ccc21. The van der Waals surface area contributed by atoms with Crippen molar-refractivity contribution in [3.05, 3.63) is 59.3 Å². The minimum Gasteiger partial charge on any atom is -0.349 e. The highest BCUT2D eigenvalue weighted by Gasteiger charge is 2.38. The monoisotopic (exact) mass is 362 g/mol. The van der Waals surface area contributed by atoms with Crippen molar-refractivity contribution in [2.24, 2.45) is 0 Å². The molecule has 1 saturated heterocycles. The molecular weight excluding hydrogens is 332 g/mol. The number of rotatable bonds is 2. The van der Waals surface area contributed by atoms with Crippen LogP contribution >= 0.6 is 0 Å². The van der Waals surface area contributed by atoms with Crippen LogP contribution in [0.5, 0.6) is 0 Å². The lowest BCUT2D eigenvalue weighted by atomic mass is 9.63. The molecule has 0 saturated carbocycles. The number of nitrogens with zero attached hydrogens (tertiary/aromatic N) is 2. The molecule has 1 aromatic carbocycles. The minimum atomic E-state index is 0.0762. The lowest BCUT2D eigenvalue weighted by Crippen LogP contribution is -2.38. The molecule has 1 aliphatic heterocycles. The normalized spacial score (nSPS) is 23.8. The maximum Gasteiger partial charge on any atom is 0.137 e. The summed E-state index contributed by atoms with van der Waals surface area (Å²) in [4.78, 5) is 19.2. The van der Waals surface area contributed by atoms with Gasteiger partial charge in [0.2, 0.25) is 0 Å². The Labute approximate surface area is 162 Å². The van der Waals surface area contributed by atoms with Crippen LogP contribution in [0.3, 0.4) is 0 Å². The molecule has 0 amide bonds. The number of piperidine rings is 1. The highest BCUT2D eigenvalue weighted by Crippen LogP contribution is 2.47. The molecule has 2 aliphatic rings. The van der Waals surface area contributed by atoms with Crippen molar-refractivity contribution < 1.29 is 4.79 Å². The minimum absolute atomic E-state index is 0.0762. The highest BCUT2D eigenvalue weighted by molar-refractivity contribution is 5.82. The fourth-order valence-corrected chi connectivity index (χ4v) is 4.74. The summed E-state index contributed by atoms with van der Waals surface area (Å²) in [6, 6.07) is 13.0. The van der Waals surface area contributed by atoms with Gasteiger partial charge in [0, 0.05) is 25.6 Å². The number of pyridine rings is 1. The van der Waals surface area contributed by atoms with E-state index in [1.807, 2.05) is 24.4 Å². The summed E-state index contributed by atoms with van der Waals surface area (Å²) in [6.07, 6.45) is 5.43. The second-order valence-electron chi connectivity index (χ2n) is 9.46. The van der Waals surface area contributed by atoms with Crippen molar-refractivity contribution in [3.63, 3.8) is 0 Å². The van der Waals surface area contributed by atoms with E-state index in [2.05, 4.69) is 55.8 Å². The van der Waals surface area contributed by atoms with Crippen molar-refractivity contribution in [2.45, 2.75) is 70.3 Å². The van der Waals surface area contributed by atoms with Gasteiger partial charge in [-0.2, -0.15) is 0 Å². The molecule has 1 unspecified atom stereocenters. The number of hydrogen-bond donors (Lipinski definition) is 0. The van der Waals surface area contributed by atoms with Gasteiger partial charge >= 0.3 is 0 Å². The number of aromatic nitrogens is 1. The first-order chi connectivity index (χ1) is 12.8. The number of ketones is 1. The Morgan fingerprint density at radius 2 is 1.74 bits per heavy atom. The lowest BCUT2D eigenvalue weighted by molar-refractivity contribution is -0.120. The van der Waals surface area contributed by atoms with E-state index in [0.717, 1.165) is 12.4 Å². The van der Waals surface area contributed by atoms with E-state index in [4.69, 9.17) is 0 Å². The number of anilines is 1. The average Bonchev–Trinajstić information content (AvgIpc) is 2.66. The third-order valence-corrected chi connectivity index (χ3v) is 6.63.